The Balaban J connectivity index is 1.79. The zero-order valence-corrected chi connectivity index (χ0v) is 15.2. The molecule has 3 nitrogen and oxygen atoms in total. The number of piperidine rings is 1. The van der Waals surface area contributed by atoms with E-state index in [0.29, 0.717) is 12.0 Å². The molecule has 0 unspecified atom stereocenters. The Bertz CT molecular complexity index is 648. The molecule has 1 heterocycles. The first kappa shape index (κ1) is 16.0. The second-order valence-electron chi connectivity index (χ2n) is 8.91. The number of fused-ring (bicyclic) bond motifs is 1. The van der Waals surface area contributed by atoms with E-state index in [1.165, 1.54) is 36.8 Å². The molecule has 4 rings (SSSR count). The van der Waals surface area contributed by atoms with Gasteiger partial charge in [0, 0.05) is 18.0 Å². The minimum absolute atomic E-state index is 0.171. The van der Waals surface area contributed by atoms with Crippen LogP contribution >= 0.6 is 0 Å². The van der Waals surface area contributed by atoms with Gasteiger partial charge in [0.15, 0.2) is 0 Å². The van der Waals surface area contributed by atoms with E-state index in [0.717, 1.165) is 31.5 Å². The van der Waals surface area contributed by atoms with Gasteiger partial charge in [0.25, 0.3) is 0 Å². The van der Waals surface area contributed by atoms with Crippen LogP contribution in [0.2, 0.25) is 0 Å². The highest BCUT2D eigenvalue weighted by Gasteiger charge is 2.53. The van der Waals surface area contributed by atoms with Crippen LogP contribution in [0.3, 0.4) is 0 Å². The Hall–Kier alpha value is -1.51. The summed E-state index contributed by atoms with van der Waals surface area (Å²) in [6.07, 6.45) is 8.36. The van der Waals surface area contributed by atoms with Crippen LogP contribution in [0.5, 0.6) is 5.75 Å². The number of amides is 1. The number of rotatable bonds is 2. The van der Waals surface area contributed by atoms with Gasteiger partial charge >= 0.3 is 0 Å². The van der Waals surface area contributed by atoms with E-state index in [-0.39, 0.29) is 11.0 Å². The quantitative estimate of drug-likeness (QED) is 0.766. The Morgan fingerprint density at radius 2 is 2.08 bits per heavy atom. The van der Waals surface area contributed by atoms with Crippen molar-refractivity contribution in [2.75, 3.05) is 6.54 Å². The zero-order chi connectivity index (χ0) is 16.9. The fourth-order valence-corrected chi connectivity index (χ4v) is 5.56. The van der Waals surface area contributed by atoms with Crippen molar-refractivity contribution in [3.05, 3.63) is 29.3 Å². The van der Waals surface area contributed by atoms with Crippen LogP contribution in [-0.4, -0.2) is 29.5 Å². The molecule has 0 radical (unpaired) electrons. The average Bonchev–Trinajstić information content (AvgIpc) is 2.54. The first-order chi connectivity index (χ1) is 11.4. The molecule has 3 heteroatoms. The van der Waals surface area contributed by atoms with Crippen molar-refractivity contribution in [2.45, 2.75) is 76.4 Å². The van der Waals surface area contributed by atoms with Gasteiger partial charge in [-0.15, -0.1) is 0 Å². The summed E-state index contributed by atoms with van der Waals surface area (Å²) in [4.78, 5) is 13.6. The average molecular weight is 327 g/mol. The Labute approximate surface area is 145 Å². The molecule has 1 saturated heterocycles. The van der Waals surface area contributed by atoms with Crippen molar-refractivity contribution in [1.29, 1.82) is 0 Å². The Morgan fingerprint density at radius 3 is 2.83 bits per heavy atom. The van der Waals surface area contributed by atoms with Crippen LogP contribution in [-0.2, 0) is 16.6 Å². The number of hydrogen-bond donors (Lipinski definition) is 0. The van der Waals surface area contributed by atoms with Gasteiger partial charge in [-0.25, -0.2) is 0 Å². The molecular weight excluding hydrogens is 298 g/mol. The van der Waals surface area contributed by atoms with E-state index < -0.39 is 0 Å². The van der Waals surface area contributed by atoms with Gasteiger partial charge in [0.2, 0.25) is 6.41 Å². The van der Waals surface area contributed by atoms with Crippen molar-refractivity contribution in [2.24, 2.45) is 5.92 Å². The lowest BCUT2D eigenvalue weighted by Gasteiger charge is -2.58. The molecule has 1 aliphatic heterocycles. The second kappa shape index (κ2) is 5.50. The highest BCUT2D eigenvalue weighted by molar-refractivity contribution is 5.52. The van der Waals surface area contributed by atoms with Gasteiger partial charge in [-0.2, -0.15) is 0 Å². The van der Waals surface area contributed by atoms with E-state index in [2.05, 4.69) is 43.9 Å². The van der Waals surface area contributed by atoms with Gasteiger partial charge < -0.3 is 9.64 Å². The normalized spacial score (nSPS) is 31.9. The molecule has 1 saturated carbocycles. The number of carbonyl (C=O) groups is 1. The number of hydrogen-bond acceptors (Lipinski definition) is 2. The molecule has 2 fully saturated rings. The summed E-state index contributed by atoms with van der Waals surface area (Å²) in [5.41, 5.74) is 3.06. The molecule has 1 aromatic carbocycles. The maximum absolute atomic E-state index is 11.6. The summed E-state index contributed by atoms with van der Waals surface area (Å²) in [6, 6.07) is 7.10. The lowest BCUT2D eigenvalue weighted by atomic mass is 9.52. The second-order valence-corrected chi connectivity index (χ2v) is 8.91. The third-order valence-corrected chi connectivity index (χ3v) is 6.41. The first-order valence-electron chi connectivity index (χ1n) is 9.46. The molecule has 3 aliphatic rings. The number of likely N-dealkylation sites (tertiary alicyclic amines) is 1. The minimum atomic E-state index is -0.171. The van der Waals surface area contributed by atoms with Crippen LogP contribution < -0.4 is 4.74 Å². The number of nitrogens with zero attached hydrogens (tertiary/aromatic N) is 1. The molecule has 2 bridgehead atoms. The third-order valence-electron chi connectivity index (χ3n) is 6.41. The summed E-state index contributed by atoms with van der Waals surface area (Å²) in [5, 5.41) is 0. The van der Waals surface area contributed by atoms with E-state index in [9.17, 15) is 4.79 Å². The number of carbonyl (C=O) groups excluding carboxylic acids is 1. The van der Waals surface area contributed by atoms with Crippen LogP contribution in [0.25, 0.3) is 0 Å². The topological polar surface area (TPSA) is 29.5 Å². The summed E-state index contributed by atoms with van der Waals surface area (Å²) < 4.78 is 6.16. The molecule has 0 N–H and O–H groups in total. The van der Waals surface area contributed by atoms with Crippen molar-refractivity contribution in [3.63, 3.8) is 0 Å². The van der Waals surface area contributed by atoms with E-state index in [4.69, 9.17) is 4.74 Å². The van der Waals surface area contributed by atoms with Gasteiger partial charge in [-0.3, -0.25) is 4.79 Å². The largest absolute Gasteiger partial charge is 0.488 e. The van der Waals surface area contributed by atoms with Gasteiger partial charge in [0.1, 0.15) is 11.4 Å². The number of benzene rings is 1. The molecule has 2 aliphatic carbocycles. The highest BCUT2D eigenvalue weighted by atomic mass is 16.5. The van der Waals surface area contributed by atoms with Crippen LogP contribution in [0.4, 0.5) is 0 Å². The van der Waals surface area contributed by atoms with Crippen LogP contribution in [0.15, 0.2) is 18.2 Å². The summed E-state index contributed by atoms with van der Waals surface area (Å²) in [5.74, 6) is 1.62. The molecule has 24 heavy (non-hydrogen) atoms. The molecule has 130 valence electrons. The maximum atomic E-state index is 11.6. The van der Waals surface area contributed by atoms with Gasteiger partial charge in [-0.1, -0.05) is 18.9 Å². The van der Waals surface area contributed by atoms with Crippen LogP contribution in [0, 0.1) is 5.92 Å². The molecular formula is C21H29NO2. The minimum Gasteiger partial charge on any atom is -0.488 e. The maximum Gasteiger partial charge on any atom is 0.209 e. The summed E-state index contributed by atoms with van der Waals surface area (Å²) in [6.45, 7) is 7.22. The van der Waals surface area contributed by atoms with Crippen molar-refractivity contribution in [1.82, 2.24) is 4.90 Å². The third kappa shape index (κ3) is 2.44. The van der Waals surface area contributed by atoms with Gasteiger partial charge in [-0.05, 0) is 75.6 Å². The Kier molecular flexibility index (Phi) is 3.67. The lowest BCUT2D eigenvalue weighted by Crippen LogP contribution is -2.60. The SMILES string of the molecule is CC(C)(C)Oc1ccc2c(c1)[C@@]13CCCC[C@H]1[C@@H](C2)N(C=O)CC3. The van der Waals surface area contributed by atoms with Gasteiger partial charge in [0.05, 0.1) is 0 Å². The molecule has 0 aromatic heterocycles. The van der Waals surface area contributed by atoms with Crippen molar-refractivity contribution >= 4 is 6.41 Å². The van der Waals surface area contributed by atoms with Crippen molar-refractivity contribution in [3.8, 4) is 5.75 Å². The zero-order valence-electron chi connectivity index (χ0n) is 15.2. The van der Waals surface area contributed by atoms with E-state index in [1.54, 1.807) is 0 Å². The molecule has 3 atom stereocenters. The number of ether oxygens (including phenoxy) is 1. The molecule has 1 aromatic rings. The molecule has 0 spiro atoms. The molecule has 1 amide bonds. The van der Waals surface area contributed by atoms with E-state index in [1.807, 2.05) is 0 Å². The predicted molar refractivity (Wildman–Crippen MR) is 95.3 cm³/mol. The fourth-order valence-electron chi connectivity index (χ4n) is 5.56. The fraction of sp³-hybridized carbons (Fsp3) is 0.667. The van der Waals surface area contributed by atoms with Crippen molar-refractivity contribution < 1.29 is 9.53 Å². The van der Waals surface area contributed by atoms with E-state index >= 15 is 0 Å². The predicted octanol–water partition coefficient (Wildman–Crippen LogP) is 4.08. The standard InChI is InChI=1S/C21H29NO2/c1-20(2,3)24-16-8-7-15-12-19-17-6-4-5-9-21(17,18(15)13-16)10-11-22(19)14-23/h7-8,13-14,17,19H,4-6,9-12H2,1-3H3/t17-,19+,21+/m0/s1. The summed E-state index contributed by atoms with van der Waals surface area (Å²) >= 11 is 0. The smallest absolute Gasteiger partial charge is 0.209 e. The van der Waals surface area contributed by atoms with Crippen LogP contribution in [0.1, 0.15) is 64.0 Å². The monoisotopic (exact) mass is 327 g/mol. The highest BCUT2D eigenvalue weighted by Crippen LogP contribution is 2.56. The Morgan fingerprint density at radius 1 is 1.25 bits per heavy atom. The lowest BCUT2D eigenvalue weighted by molar-refractivity contribution is -0.126. The summed E-state index contributed by atoms with van der Waals surface area (Å²) in [7, 11) is 0. The first-order valence-corrected chi connectivity index (χ1v) is 9.46.